The number of sulfonamides is 1. The molecule has 2 amide bonds. The minimum Gasteiger partial charge on any atom is -0.452 e. The highest BCUT2D eigenvalue weighted by atomic mass is 35.5. The fourth-order valence-electron chi connectivity index (χ4n) is 2.67. The Morgan fingerprint density at radius 3 is 2.25 bits per heavy atom. The van der Waals surface area contributed by atoms with Gasteiger partial charge in [0, 0.05) is 31.4 Å². The van der Waals surface area contributed by atoms with Gasteiger partial charge in [0.05, 0.1) is 10.6 Å². The topological polar surface area (TPSA) is 122 Å². The Bertz CT molecular complexity index is 1140. The second-order valence-electron chi connectivity index (χ2n) is 7.40. The Balaban J connectivity index is 1.55. The summed E-state index contributed by atoms with van der Waals surface area (Å²) in [6, 6.07) is 10.1. The molecule has 1 aliphatic carbocycles. The van der Waals surface area contributed by atoms with Crippen LogP contribution in [0.25, 0.3) is 0 Å². The van der Waals surface area contributed by atoms with Crippen molar-refractivity contribution in [1.82, 2.24) is 4.31 Å². The van der Waals surface area contributed by atoms with Crippen molar-refractivity contribution in [3.05, 3.63) is 53.1 Å². The number of hydrogen-bond acceptors (Lipinski definition) is 6. The summed E-state index contributed by atoms with van der Waals surface area (Å²) >= 11 is 5.98. The zero-order valence-electron chi connectivity index (χ0n) is 17.4. The number of nitrogens with one attached hydrogen (secondary N) is 2. The van der Waals surface area contributed by atoms with E-state index in [0.717, 1.165) is 17.1 Å². The highest BCUT2D eigenvalue weighted by molar-refractivity contribution is 7.89. The average molecular weight is 480 g/mol. The molecule has 32 heavy (non-hydrogen) atoms. The van der Waals surface area contributed by atoms with E-state index in [-0.39, 0.29) is 33.0 Å². The van der Waals surface area contributed by atoms with Gasteiger partial charge in [-0.2, -0.15) is 0 Å². The largest absolute Gasteiger partial charge is 0.452 e. The normalized spacial score (nSPS) is 13.5. The molecule has 0 unspecified atom stereocenters. The quantitative estimate of drug-likeness (QED) is 0.561. The molecule has 170 valence electrons. The van der Waals surface area contributed by atoms with E-state index in [1.807, 2.05) is 0 Å². The van der Waals surface area contributed by atoms with Gasteiger partial charge in [0.25, 0.3) is 5.91 Å². The Morgan fingerprint density at radius 2 is 1.66 bits per heavy atom. The monoisotopic (exact) mass is 479 g/mol. The molecular weight excluding hydrogens is 458 g/mol. The van der Waals surface area contributed by atoms with Gasteiger partial charge in [-0.1, -0.05) is 11.6 Å². The lowest BCUT2D eigenvalue weighted by molar-refractivity contribution is -0.119. The Hall–Kier alpha value is -2.95. The lowest BCUT2D eigenvalue weighted by Gasteiger charge is -2.14. The van der Waals surface area contributed by atoms with E-state index >= 15 is 0 Å². The molecule has 2 aromatic rings. The molecule has 0 spiro atoms. The first kappa shape index (κ1) is 23.7. The van der Waals surface area contributed by atoms with Gasteiger partial charge in [-0.3, -0.25) is 9.59 Å². The van der Waals surface area contributed by atoms with E-state index < -0.39 is 28.5 Å². The number of carbonyl (C=O) groups excluding carboxylic acids is 3. The molecule has 0 saturated heterocycles. The summed E-state index contributed by atoms with van der Waals surface area (Å²) in [7, 11) is -1.07. The van der Waals surface area contributed by atoms with Gasteiger partial charge in [0.15, 0.2) is 6.61 Å². The Kier molecular flexibility index (Phi) is 7.17. The maximum atomic E-state index is 12.3. The third-order valence-electron chi connectivity index (χ3n) is 4.64. The second-order valence-corrected chi connectivity index (χ2v) is 9.93. The molecule has 1 aliphatic rings. The van der Waals surface area contributed by atoms with Crippen molar-refractivity contribution in [3.63, 3.8) is 0 Å². The highest BCUT2D eigenvalue weighted by Crippen LogP contribution is 2.30. The molecule has 0 aromatic heterocycles. The first-order chi connectivity index (χ1) is 15.1. The fraction of sp³-hybridized carbons (Fsp3) is 0.286. The van der Waals surface area contributed by atoms with E-state index in [2.05, 4.69) is 10.6 Å². The number of amides is 2. The lowest BCUT2D eigenvalue weighted by Crippen LogP contribution is -2.23. The molecule has 3 rings (SSSR count). The molecule has 0 bridgehead atoms. The molecule has 2 N–H and O–H groups in total. The van der Waals surface area contributed by atoms with Crippen LogP contribution < -0.4 is 10.6 Å². The first-order valence-electron chi connectivity index (χ1n) is 9.68. The number of ether oxygens (including phenoxy) is 1. The molecule has 0 aliphatic heterocycles. The van der Waals surface area contributed by atoms with Gasteiger partial charge in [0.1, 0.15) is 4.90 Å². The number of halogens is 1. The zero-order chi connectivity index (χ0) is 23.5. The van der Waals surface area contributed by atoms with Crippen molar-refractivity contribution < 1.29 is 27.5 Å². The zero-order valence-corrected chi connectivity index (χ0v) is 19.0. The maximum Gasteiger partial charge on any atom is 0.338 e. The van der Waals surface area contributed by atoms with Crippen molar-refractivity contribution in [2.75, 3.05) is 31.3 Å². The van der Waals surface area contributed by atoms with Gasteiger partial charge in [-0.25, -0.2) is 17.5 Å². The van der Waals surface area contributed by atoms with E-state index in [4.69, 9.17) is 16.3 Å². The minimum atomic E-state index is -3.80. The smallest absolute Gasteiger partial charge is 0.338 e. The van der Waals surface area contributed by atoms with Crippen LogP contribution in [0.1, 0.15) is 23.2 Å². The number of hydrogen-bond donors (Lipinski definition) is 2. The number of benzene rings is 2. The first-order valence-corrected chi connectivity index (χ1v) is 11.5. The molecular formula is C21H22ClN3O6S. The van der Waals surface area contributed by atoms with Gasteiger partial charge in [-0.05, 0) is 55.3 Å². The van der Waals surface area contributed by atoms with Crippen molar-refractivity contribution >= 4 is 50.8 Å². The third-order valence-corrected chi connectivity index (χ3v) is 6.94. The van der Waals surface area contributed by atoms with Crippen LogP contribution in [0.2, 0.25) is 5.02 Å². The van der Waals surface area contributed by atoms with E-state index in [0.29, 0.717) is 5.69 Å². The van der Waals surface area contributed by atoms with Crippen LogP contribution in [0, 0.1) is 5.92 Å². The second kappa shape index (κ2) is 9.68. The summed E-state index contributed by atoms with van der Waals surface area (Å²) in [5.41, 5.74) is 0.974. The van der Waals surface area contributed by atoms with Crippen LogP contribution in [0.15, 0.2) is 47.4 Å². The number of esters is 1. The van der Waals surface area contributed by atoms with Crippen LogP contribution in [0.5, 0.6) is 0 Å². The third kappa shape index (κ3) is 5.84. The van der Waals surface area contributed by atoms with E-state index in [1.165, 1.54) is 44.4 Å². The summed E-state index contributed by atoms with van der Waals surface area (Å²) in [5.74, 6) is -1.34. The molecule has 1 fully saturated rings. The van der Waals surface area contributed by atoms with Gasteiger partial charge < -0.3 is 15.4 Å². The van der Waals surface area contributed by atoms with Crippen LogP contribution >= 0.6 is 11.6 Å². The van der Waals surface area contributed by atoms with Gasteiger partial charge in [0.2, 0.25) is 15.9 Å². The summed E-state index contributed by atoms with van der Waals surface area (Å²) < 4.78 is 30.6. The minimum absolute atomic E-state index is 0.0138. The maximum absolute atomic E-state index is 12.3. The van der Waals surface area contributed by atoms with E-state index in [1.54, 1.807) is 12.1 Å². The predicted molar refractivity (Wildman–Crippen MR) is 119 cm³/mol. The summed E-state index contributed by atoms with van der Waals surface area (Å²) in [6.45, 7) is -0.572. The molecule has 11 heteroatoms. The van der Waals surface area contributed by atoms with Crippen LogP contribution in [-0.4, -0.2) is 51.2 Å². The summed E-state index contributed by atoms with van der Waals surface area (Å²) in [6.07, 6.45) is 1.78. The molecule has 9 nitrogen and oxygen atoms in total. The van der Waals surface area contributed by atoms with Crippen molar-refractivity contribution in [2.45, 2.75) is 17.7 Å². The molecule has 0 heterocycles. The van der Waals surface area contributed by atoms with E-state index in [9.17, 15) is 22.8 Å². The van der Waals surface area contributed by atoms with Crippen LogP contribution in [0.4, 0.5) is 11.4 Å². The van der Waals surface area contributed by atoms with Crippen LogP contribution in [-0.2, 0) is 24.3 Å². The molecule has 1 saturated carbocycles. The summed E-state index contributed by atoms with van der Waals surface area (Å²) in [4.78, 5) is 35.9. The average Bonchev–Trinajstić information content (AvgIpc) is 3.59. The van der Waals surface area contributed by atoms with Crippen LogP contribution in [0.3, 0.4) is 0 Å². The lowest BCUT2D eigenvalue weighted by atomic mass is 10.2. The number of nitrogens with zero attached hydrogens (tertiary/aromatic N) is 1. The van der Waals surface area contributed by atoms with Crippen molar-refractivity contribution in [3.8, 4) is 0 Å². The van der Waals surface area contributed by atoms with Crippen molar-refractivity contribution in [2.24, 2.45) is 5.92 Å². The predicted octanol–water partition coefficient (Wildman–Crippen LogP) is 2.73. The van der Waals surface area contributed by atoms with Crippen molar-refractivity contribution in [1.29, 1.82) is 0 Å². The Morgan fingerprint density at radius 1 is 1.03 bits per heavy atom. The fourth-order valence-corrected chi connectivity index (χ4v) is 4.06. The standard InChI is InChI=1S/C21H22ClN3O6S/c1-25(2)32(29,30)18-11-16(9-10-17(18)22)23-19(26)12-31-21(28)14-5-7-15(8-6-14)24-20(27)13-3-4-13/h5-11,13H,3-4,12H2,1-2H3,(H,23,26)(H,24,27). The number of anilines is 2. The van der Waals surface area contributed by atoms with Gasteiger partial charge >= 0.3 is 5.97 Å². The SMILES string of the molecule is CN(C)S(=O)(=O)c1cc(NC(=O)COC(=O)c2ccc(NC(=O)C3CC3)cc2)ccc1Cl. The number of carbonyl (C=O) groups is 3. The number of rotatable bonds is 8. The molecule has 0 atom stereocenters. The van der Waals surface area contributed by atoms with Gasteiger partial charge in [-0.15, -0.1) is 0 Å². The molecule has 0 radical (unpaired) electrons. The molecule has 2 aromatic carbocycles. The summed E-state index contributed by atoms with van der Waals surface area (Å²) in [5, 5.41) is 5.25. The highest BCUT2D eigenvalue weighted by Gasteiger charge is 2.29. The Labute approximate surface area is 190 Å².